The first kappa shape index (κ1) is 14.6. The molecule has 0 aromatic carbocycles. The second kappa shape index (κ2) is 6.17. The molecule has 1 aliphatic rings. The molecular formula is C16H20N4O2. The number of hydrogen-bond acceptors (Lipinski definition) is 5. The molecule has 22 heavy (non-hydrogen) atoms. The molecule has 0 bridgehead atoms. The van der Waals surface area contributed by atoms with Gasteiger partial charge in [-0.05, 0) is 31.9 Å². The molecule has 116 valence electrons. The van der Waals surface area contributed by atoms with E-state index in [0.29, 0.717) is 18.0 Å². The molecule has 0 N–H and O–H groups in total. The van der Waals surface area contributed by atoms with E-state index in [9.17, 15) is 4.79 Å². The minimum atomic E-state index is -0.0508. The van der Waals surface area contributed by atoms with E-state index in [4.69, 9.17) is 4.52 Å². The van der Waals surface area contributed by atoms with E-state index in [1.165, 1.54) is 5.69 Å². The van der Waals surface area contributed by atoms with Gasteiger partial charge in [0, 0.05) is 50.3 Å². The van der Waals surface area contributed by atoms with Crippen molar-refractivity contribution in [3.05, 3.63) is 41.5 Å². The van der Waals surface area contributed by atoms with Gasteiger partial charge in [-0.2, -0.15) is 0 Å². The number of nitrogens with zero attached hydrogens (tertiary/aromatic N) is 4. The summed E-state index contributed by atoms with van der Waals surface area (Å²) in [5, 5.41) is 3.82. The van der Waals surface area contributed by atoms with Gasteiger partial charge in [-0.15, -0.1) is 0 Å². The molecule has 3 heterocycles. The van der Waals surface area contributed by atoms with Gasteiger partial charge in [0.15, 0.2) is 5.69 Å². The van der Waals surface area contributed by atoms with Crippen LogP contribution in [0.15, 0.2) is 29.0 Å². The topological polar surface area (TPSA) is 62.5 Å². The molecule has 0 aliphatic carbocycles. The van der Waals surface area contributed by atoms with Crippen molar-refractivity contribution >= 4 is 11.6 Å². The van der Waals surface area contributed by atoms with Crippen molar-refractivity contribution in [2.24, 2.45) is 0 Å². The molecule has 6 heteroatoms. The van der Waals surface area contributed by atoms with Gasteiger partial charge < -0.3 is 14.3 Å². The quantitative estimate of drug-likeness (QED) is 0.849. The van der Waals surface area contributed by atoms with Crippen molar-refractivity contribution in [3.63, 3.8) is 0 Å². The molecule has 3 rings (SSSR count). The molecule has 2 aromatic rings. The average molecular weight is 300 g/mol. The molecule has 0 radical (unpaired) electrons. The first-order chi connectivity index (χ1) is 10.6. The predicted octanol–water partition coefficient (Wildman–Crippen LogP) is 2.04. The third-order valence-electron chi connectivity index (χ3n) is 3.96. The fourth-order valence-corrected chi connectivity index (χ4v) is 2.81. The highest BCUT2D eigenvalue weighted by molar-refractivity contribution is 5.92. The highest BCUT2D eigenvalue weighted by atomic mass is 16.5. The Kier molecular flexibility index (Phi) is 4.09. The highest BCUT2D eigenvalue weighted by Gasteiger charge is 2.23. The van der Waals surface area contributed by atoms with Crippen molar-refractivity contribution in [1.82, 2.24) is 15.0 Å². The summed E-state index contributed by atoms with van der Waals surface area (Å²) >= 11 is 0. The lowest BCUT2D eigenvalue weighted by molar-refractivity contribution is 0.0756. The second-order valence-electron chi connectivity index (χ2n) is 5.62. The molecule has 6 nitrogen and oxygen atoms in total. The van der Waals surface area contributed by atoms with Gasteiger partial charge in [0.25, 0.3) is 5.91 Å². The number of amides is 1. The van der Waals surface area contributed by atoms with Gasteiger partial charge >= 0.3 is 0 Å². The summed E-state index contributed by atoms with van der Waals surface area (Å²) in [6, 6.07) is 3.73. The average Bonchev–Trinajstić information content (AvgIpc) is 2.81. The Labute approximate surface area is 129 Å². The molecule has 1 saturated heterocycles. The van der Waals surface area contributed by atoms with Crippen LogP contribution in [0.4, 0.5) is 5.69 Å². The zero-order valence-corrected chi connectivity index (χ0v) is 13.0. The van der Waals surface area contributed by atoms with Gasteiger partial charge in [-0.3, -0.25) is 9.78 Å². The number of rotatable bonds is 2. The molecule has 0 atom stereocenters. The molecule has 2 aromatic heterocycles. The highest BCUT2D eigenvalue weighted by Crippen LogP contribution is 2.20. The van der Waals surface area contributed by atoms with E-state index in [2.05, 4.69) is 22.0 Å². The fourth-order valence-electron chi connectivity index (χ4n) is 2.81. The van der Waals surface area contributed by atoms with Gasteiger partial charge in [0.1, 0.15) is 5.76 Å². The number of aromatic nitrogens is 2. The summed E-state index contributed by atoms with van der Waals surface area (Å²) in [4.78, 5) is 20.8. The first-order valence-corrected chi connectivity index (χ1v) is 7.53. The Morgan fingerprint density at radius 1 is 1.23 bits per heavy atom. The van der Waals surface area contributed by atoms with Crippen molar-refractivity contribution in [2.45, 2.75) is 20.3 Å². The van der Waals surface area contributed by atoms with Crippen LogP contribution >= 0.6 is 0 Å². The van der Waals surface area contributed by atoms with Crippen LogP contribution in [0.5, 0.6) is 0 Å². The Hall–Kier alpha value is -2.37. The minimum absolute atomic E-state index is 0.0508. The number of carbonyl (C=O) groups excluding carboxylic acids is 1. The van der Waals surface area contributed by atoms with Crippen LogP contribution in [0.25, 0.3) is 0 Å². The maximum absolute atomic E-state index is 12.5. The Bertz CT molecular complexity index is 668. The molecule has 1 fully saturated rings. The Morgan fingerprint density at radius 2 is 2.09 bits per heavy atom. The lowest BCUT2D eigenvalue weighted by atomic mass is 10.2. The van der Waals surface area contributed by atoms with Crippen molar-refractivity contribution in [2.75, 3.05) is 31.1 Å². The number of hydrogen-bond donors (Lipinski definition) is 0. The standard InChI is InChI=1S/C16H20N4O2/c1-12-11-17-5-4-15(12)19-6-3-7-20(9-8-19)16(21)14-10-13(2)22-18-14/h4-5,10-11H,3,6-9H2,1-2H3. The zero-order chi connectivity index (χ0) is 15.5. The lowest BCUT2D eigenvalue weighted by Gasteiger charge is -2.24. The number of pyridine rings is 1. The normalized spacial score (nSPS) is 15.7. The predicted molar refractivity (Wildman–Crippen MR) is 82.9 cm³/mol. The van der Waals surface area contributed by atoms with Gasteiger partial charge in [0.2, 0.25) is 0 Å². The fraction of sp³-hybridized carbons (Fsp3) is 0.438. The van der Waals surface area contributed by atoms with Gasteiger partial charge in [-0.1, -0.05) is 5.16 Å². The van der Waals surface area contributed by atoms with E-state index >= 15 is 0 Å². The SMILES string of the molecule is Cc1cc(C(=O)N2CCCN(c3ccncc3C)CC2)no1. The van der Waals surface area contributed by atoms with Crippen LogP contribution in [-0.4, -0.2) is 47.1 Å². The molecule has 1 amide bonds. The van der Waals surface area contributed by atoms with Gasteiger partial charge in [-0.25, -0.2) is 0 Å². The minimum Gasteiger partial charge on any atom is -0.369 e. The lowest BCUT2D eigenvalue weighted by Crippen LogP contribution is -2.35. The zero-order valence-electron chi connectivity index (χ0n) is 13.0. The maximum atomic E-state index is 12.5. The van der Waals surface area contributed by atoms with Crippen molar-refractivity contribution in [3.8, 4) is 0 Å². The van der Waals surface area contributed by atoms with Crippen LogP contribution < -0.4 is 4.90 Å². The smallest absolute Gasteiger partial charge is 0.276 e. The van der Waals surface area contributed by atoms with Crippen LogP contribution in [0, 0.1) is 13.8 Å². The van der Waals surface area contributed by atoms with Crippen LogP contribution in [0.1, 0.15) is 28.2 Å². The number of aryl methyl sites for hydroxylation is 2. The Morgan fingerprint density at radius 3 is 2.82 bits per heavy atom. The summed E-state index contributed by atoms with van der Waals surface area (Å²) < 4.78 is 5.00. The molecule has 0 unspecified atom stereocenters. The van der Waals surface area contributed by atoms with Crippen molar-refractivity contribution in [1.29, 1.82) is 0 Å². The molecule has 0 spiro atoms. The Balaban J connectivity index is 1.70. The van der Waals surface area contributed by atoms with E-state index in [0.717, 1.165) is 31.6 Å². The summed E-state index contributed by atoms with van der Waals surface area (Å²) in [7, 11) is 0. The molecular weight excluding hydrogens is 280 g/mol. The summed E-state index contributed by atoms with van der Waals surface area (Å²) in [5.74, 6) is 0.609. The van der Waals surface area contributed by atoms with Gasteiger partial charge in [0.05, 0.1) is 0 Å². The number of carbonyl (C=O) groups is 1. The summed E-state index contributed by atoms with van der Waals surface area (Å²) in [6.45, 7) is 7.03. The third kappa shape index (κ3) is 2.95. The third-order valence-corrected chi connectivity index (χ3v) is 3.96. The molecule has 1 aliphatic heterocycles. The van der Waals surface area contributed by atoms with E-state index in [-0.39, 0.29) is 5.91 Å². The molecule has 0 saturated carbocycles. The van der Waals surface area contributed by atoms with E-state index in [1.54, 1.807) is 13.0 Å². The first-order valence-electron chi connectivity index (χ1n) is 7.53. The van der Waals surface area contributed by atoms with Crippen LogP contribution in [0.3, 0.4) is 0 Å². The second-order valence-corrected chi connectivity index (χ2v) is 5.62. The maximum Gasteiger partial charge on any atom is 0.276 e. The van der Waals surface area contributed by atoms with Crippen LogP contribution in [0.2, 0.25) is 0 Å². The monoisotopic (exact) mass is 300 g/mol. The summed E-state index contributed by atoms with van der Waals surface area (Å²) in [6.07, 6.45) is 4.62. The van der Waals surface area contributed by atoms with E-state index in [1.807, 2.05) is 23.4 Å². The largest absolute Gasteiger partial charge is 0.369 e. The number of anilines is 1. The van der Waals surface area contributed by atoms with Crippen molar-refractivity contribution < 1.29 is 9.32 Å². The van der Waals surface area contributed by atoms with Crippen LogP contribution in [-0.2, 0) is 0 Å². The van der Waals surface area contributed by atoms with E-state index < -0.39 is 0 Å². The summed E-state index contributed by atoms with van der Waals surface area (Å²) in [5.41, 5.74) is 2.75.